The zero-order valence-electron chi connectivity index (χ0n) is 16.7. The Labute approximate surface area is 171 Å². The Hall–Kier alpha value is -2.89. The second-order valence-corrected chi connectivity index (χ2v) is 7.82. The lowest BCUT2D eigenvalue weighted by Gasteiger charge is -2.20. The van der Waals surface area contributed by atoms with Crippen molar-refractivity contribution in [2.24, 2.45) is 0 Å². The van der Waals surface area contributed by atoms with E-state index in [4.69, 9.17) is 5.21 Å². The molecule has 1 atom stereocenters. The molecule has 2 heterocycles. The molecular formula is C24H27N3O2. The normalized spacial score (nSPS) is 17.4. The zero-order chi connectivity index (χ0) is 20.2. The second kappa shape index (κ2) is 8.64. The summed E-state index contributed by atoms with van der Waals surface area (Å²) in [6, 6.07) is 17.4. The van der Waals surface area contributed by atoms with Gasteiger partial charge in [0.1, 0.15) is 0 Å². The van der Waals surface area contributed by atoms with E-state index in [1.54, 1.807) is 11.6 Å². The topological polar surface area (TPSA) is 57.5 Å². The maximum Gasteiger partial charge on any atom is 0.267 e. The number of likely N-dealkylation sites (tertiary alicyclic amines) is 1. The minimum absolute atomic E-state index is 0.530. The van der Waals surface area contributed by atoms with Crippen LogP contribution in [0.25, 0.3) is 17.0 Å². The molecule has 1 aromatic heterocycles. The van der Waals surface area contributed by atoms with Crippen molar-refractivity contribution in [3.63, 3.8) is 0 Å². The highest BCUT2D eigenvalue weighted by atomic mass is 16.5. The summed E-state index contributed by atoms with van der Waals surface area (Å²) >= 11 is 0. The van der Waals surface area contributed by atoms with Crippen molar-refractivity contribution in [2.75, 3.05) is 6.54 Å². The predicted octanol–water partition coefficient (Wildman–Crippen LogP) is 4.19. The quantitative estimate of drug-likeness (QED) is 0.378. The van der Waals surface area contributed by atoms with Crippen molar-refractivity contribution in [1.82, 2.24) is 14.9 Å². The average molecular weight is 389 g/mol. The third kappa shape index (κ3) is 4.42. The van der Waals surface area contributed by atoms with Crippen molar-refractivity contribution in [3.8, 4) is 0 Å². The van der Waals surface area contributed by atoms with Crippen LogP contribution in [0.1, 0.15) is 36.5 Å². The van der Waals surface area contributed by atoms with Crippen LogP contribution in [-0.2, 0) is 17.9 Å². The first kappa shape index (κ1) is 19.4. The molecule has 1 aliphatic heterocycles. The first-order valence-corrected chi connectivity index (χ1v) is 10.2. The number of carbonyl (C=O) groups excluding carboxylic acids is 1. The van der Waals surface area contributed by atoms with E-state index in [0.29, 0.717) is 6.04 Å². The fourth-order valence-electron chi connectivity index (χ4n) is 4.18. The smallest absolute Gasteiger partial charge is 0.267 e. The maximum absolute atomic E-state index is 11.3. The predicted molar refractivity (Wildman–Crippen MR) is 116 cm³/mol. The summed E-state index contributed by atoms with van der Waals surface area (Å²) in [5.74, 6) is -0.530. The van der Waals surface area contributed by atoms with E-state index in [0.717, 1.165) is 25.2 Å². The minimum atomic E-state index is -0.530. The second-order valence-electron chi connectivity index (χ2n) is 7.82. The standard InChI is InChI=1S/C24H27N3O2/c1-18-6-5-13-26(18)16-21-17-27(15-20-7-3-2-4-8-20)23-11-9-19(14-22(21)23)10-12-24(28)25-29/h2-4,7-12,14,17-18,29H,5-6,13,15-16H2,1H3,(H,25,28)/b12-10+. The molecule has 0 radical (unpaired) electrons. The molecule has 3 aromatic rings. The van der Waals surface area contributed by atoms with Crippen molar-refractivity contribution < 1.29 is 10.0 Å². The molecule has 1 fully saturated rings. The van der Waals surface area contributed by atoms with Crippen LogP contribution in [0, 0.1) is 0 Å². The van der Waals surface area contributed by atoms with Gasteiger partial charge < -0.3 is 4.57 Å². The van der Waals surface area contributed by atoms with Gasteiger partial charge in [-0.2, -0.15) is 0 Å². The Balaban J connectivity index is 1.71. The highest BCUT2D eigenvalue weighted by molar-refractivity contribution is 5.92. The number of nitrogens with one attached hydrogen (secondary N) is 1. The molecule has 5 heteroatoms. The van der Waals surface area contributed by atoms with Crippen LogP contribution in [-0.4, -0.2) is 33.2 Å². The lowest BCUT2D eigenvalue weighted by Crippen LogP contribution is -2.26. The summed E-state index contributed by atoms with van der Waals surface area (Å²) in [6.45, 7) is 5.21. The van der Waals surface area contributed by atoms with Gasteiger partial charge in [-0.25, -0.2) is 5.48 Å². The number of rotatable bonds is 6. The first-order valence-electron chi connectivity index (χ1n) is 10.2. The molecule has 2 N–H and O–H groups in total. The van der Waals surface area contributed by atoms with Gasteiger partial charge in [-0.1, -0.05) is 36.4 Å². The highest BCUT2D eigenvalue weighted by Gasteiger charge is 2.22. The number of hydroxylamine groups is 1. The van der Waals surface area contributed by atoms with Crippen LogP contribution in [0.3, 0.4) is 0 Å². The Bertz CT molecular complexity index is 1020. The molecule has 1 saturated heterocycles. The number of fused-ring (bicyclic) bond motifs is 1. The largest absolute Gasteiger partial charge is 0.343 e. The van der Waals surface area contributed by atoms with Gasteiger partial charge in [0.05, 0.1) is 0 Å². The van der Waals surface area contributed by atoms with Gasteiger partial charge in [-0.3, -0.25) is 14.9 Å². The number of amides is 1. The van der Waals surface area contributed by atoms with Crippen LogP contribution >= 0.6 is 0 Å². The van der Waals surface area contributed by atoms with E-state index in [2.05, 4.69) is 59.0 Å². The van der Waals surface area contributed by atoms with Gasteiger partial charge in [0, 0.05) is 42.3 Å². The minimum Gasteiger partial charge on any atom is -0.343 e. The average Bonchev–Trinajstić information content (AvgIpc) is 3.30. The molecule has 1 unspecified atom stereocenters. The van der Waals surface area contributed by atoms with Crippen LogP contribution in [0.5, 0.6) is 0 Å². The van der Waals surface area contributed by atoms with Gasteiger partial charge in [0.2, 0.25) is 0 Å². The number of hydrogen-bond donors (Lipinski definition) is 2. The molecule has 4 rings (SSSR count). The maximum atomic E-state index is 11.3. The molecule has 0 spiro atoms. The SMILES string of the molecule is CC1CCCN1Cc1cn(Cc2ccccc2)c2ccc(/C=C/C(=O)NO)cc12. The summed E-state index contributed by atoms with van der Waals surface area (Å²) in [5.41, 5.74) is 6.35. The van der Waals surface area contributed by atoms with Crippen molar-refractivity contribution in [1.29, 1.82) is 0 Å². The van der Waals surface area contributed by atoms with E-state index < -0.39 is 5.91 Å². The Morgan fingerprint density at radius 1 is 1.21 bits per heavy atom. The van der Waals surface area contributed by atoms with Crippen molar-refractivity contribution in [2.45, 2.75) is 38.9 Å². The summed E-state index contributed by atoms with van der Waals surface area (Å²) in [4.78, 5) is 13.9. The van der Waals surface area contributed by atoms with Crippen LogP contribution in [0.15, 0.2) is 60.8 Å². The van der Waals surface area contributed by atoms with Gasteiger partial charge in [-0.15, -0.1) is 0 Å². The van der Waals surface area contributed by atoms with E-state index in [9.17, 15) is 4.79 Å². The molecule has 0 aliphatic carbocycles. The fourth-order valence-corrected chi connectivity index (χ4v) is 4.18. The van der Waals surface area contributed by atoms with E-state index in [-0.39, 0.29) is 0 Å². The molecule has 2 aromatic carbocycles. The summed E-state index contributed by atoms with van der Waals surface area (Å²) in [5, 5.41) is 9.91. The number of aromatic nitrogens is 1. The number of benzene rings is 2. The fraction of sp³-hybridized carbons (Fsp3) is 0.292. The van der Waals surface area contributed by atoms with E-state index in [1.807, 2.05) is 12.1 Å². The lowest BCUT2D eigenvalue weighted by atomic mass is 10.1. The summed E-state index contributed by atoms with van der Waals surface area (Å²) < 4.78 is 2.31. The number of nitrogens with zero attached hydrogens (tertiary/aromatic N) is 2. The molecule has 1 amide bonds. The van der Waals surface area contributed by atoms with Gasteiger partial charge in [0.15, 0.2) is 0 Å². The van der Waals surface area contributed by atoms with Gasteiger partial charge >= 0.3 is 0 Å². The van der Waals surface area contributed by atoms with Crippen molar-refractivity contribution >= 4 is 22.9 Å². The van der Waals surface area contributed by atoms with Crippen LogP contribution in [0.4, 0.5) is 0 Å². The lowest BCUT2D eigenvalue weighted by molar-refractivity contribution is -0.124. The number of carbonyl (C=O) groups is 1. The summed E-state index contributed by atoms with van der Waals surface area (Å²) in [7, 11) is 0. The van der Waals surface area contributed by atoms with Crippen LogP contribution < -0.4 is 5.48 Å². The van der Waals surface area contributed by atoms with E-state index in [1.165, 1.54) is 40.9 Å². The first-order chi connectivity index (χ1) is 14.1. The molecule has 1 aliphatic rings. The summed E-state index contributed by atoms with van der Waals surface area (Å²) in [6.07, 6.45) is 7.85. The third-order valence-electron chi connectivity index (χ3n) is 5.78. The molecule has 29 heavy (non-hydrogen) atoms. The molecular weight excluding hydrogens is 362 g/mol. The molecule has 150 valence electrons. The van der Waals surface area contributed by atoms with Crippen molar-refractivity contribution in [3.05, 3.63) is 77.5 Å². The zero-order valence-corrected chi connectivity index (χ0v) is 16.7. The monoisotopic (exact) mass is 389 g/mol. The molecule has 0 saturated carbocycles. The highest BCUT2D eigenvalue weighted by Crippen LogP contribution is 2.28. The Morgan fingerprint density at radius 3 is 2.76 bits per heavy atom. The Kier molecular flexibility index (Phi) is 5.79. The van der Waals surface area contributed by atoms with Gasteiger partial charge in [0.25, 0.3) is 5.91 Å². The number of hydrogen-bond acceptors (Lipinski definition) is 3. The Morgan fingerprint density at radius 2 is 2.03 bits per heavy atom. The third-order valence-corrected chi connectivity index (χ3v) is 5.78. The van der Waals surface area contributed by atoms with E-state index >= 15 is 0 Å². The molecule has 5 nitrogen and oxygen atoms in total. The van der Waals surface area contributed by atoms with Gasteiger partial charge in [-0.05, 0) is 61.2 Å². The van der Waals surface area contributed by atoms with Crippen LogP contribution in [0.2, 0.25) is 0 Å². The molecule has 0 bridgehead atoms.